The van der Waals surface area contributed by atoms with E-state index in [1.54, 1.807) is 0 Å². The van der Waals surface area contributed by atoms with Crippen LogP contribution in [0.4, 0.5) is 0 Å². The number of rotatable bonds is 7. The minimum atomic E-state index is -2.43. The number of cyclic esters (lactones) is 1. The molecule has 10 atom stereocenters. The normalized spacial score (nSPS) is 25.9. The van der Waals surface area contributed by atoms with Gasteiger partial charge in [0.15, 0.2) is 70.2 Å². The fraction of sp³-hybridized carbons (Fsp3) is 0.300. The molecule has 4 aromatic rings. The van der Waals surface area contributed by atoms with Crippen molar-refractivity contribution >= 4 is 23.9 Å². The predicted octanol–water partition coefficient (Wildman–Crippen LogP) is -2.14. The second kappa shape index (κ2) is 18.0. The lowest BCUT2D eigenvalue weighted by Crippen LogP contribution is -2.61. The van der Waals surface area contributed by atoms with Gasteiger partial charge in [0.2, 0.25) is 29.3 Å². The second-order valence-electron chi connectivity index (χ2n) is 15.0. The summed E-state index contributed by atoms with van der Waals surface area (Å²) in [5.41, 5.74) is -6.22. The van der Waals surface area contributed by atoms with Crippen LogP contribution in [-0.4, -0.2) is 185 Å². The number of aliphatic hydroxyl groups excluding tert-OH is 6. The number of carbonyl (C=O) groups excluding carboxylic acids is 4. The SMILES string of the molecule is O=C(O[C@@H]1O[C@@H]2COC(=O)c3cc(O)c(O)c(O)c3-c3c(cc(Oc4c(C(=O)OC[C@H]5O[C@@H](O)[C@H](O)[C@@H](O)[C@@H]5O)cc(O)c(O)c4O)c(O)c3O)C(=O)O[C@H]([C@H]1O)[C@@H]2O)c1cc(O)c(O)c(O)c1. The van der Waals surface area contributed by atoms with E-state index in [9.17, 15) is 106 Å². The van der Waals surface area contributed by atoms with Gasteiger partial charge < -0.3 is 120 Å². The Balaban J connectivity index is 1.32. The van der Waals surface area contributed by atoms with E-state index in [1.807, 2.05) is 0 Å². The van der Waals surface area contributed by atoms with E-state index >= 15 is 0 Å². The Hall–Kier alpha value is -7.96. The summed E-state index contributed by atoms with van der Waals surface area (Å²) in [7, 11) is 0. The van der Waals surface area contributed by atoms with Gasteiger partial charge >= 0.3 is 23.9 Å². The highest BCUT2D eigenvalue weighted by atomic mass is 16.7. The van der Waals surface area contributed by atoms with E-state index in [2.05, 4.69) is 0 Å². The van der Waals surface area contributed by atoms with Crippen molar-refractivity contribution < 1.29 is 139 Å². The largest absolute Gasteiger partial charge is 0.504 e. The highest BCUT2D eigenvalue weighted by molar-refractivity contribution is 6.08. The maximum Gasteiger partial charge on any atom is 0.342 e. The van der Waals surface area contributed by atoms with Gasteiger partial charge in [0, 0.05) is 23.3 Å². The third-order valence-corrected chi connectivity index (χ3v) is 10.7. The first-order chi connectivity index (χ1) is 31.9. The van der Waals surface area contributed by atoms with Gasteiger partial charge in [-0.1, -0.05) is 0 Å². The van der Waals surface area contributed by atoms with Crippen LogP contribution in [-0.2, 0) is 28.4 Å². The van der Waals surface area contributed by atoms with Gasteiger partial charge in [0.05, 0.1) is 16.7 Å². The smallest absolute Gasteiger partial charge is 0.342 e. The monoisotopic (exact) mass is 964 g/mol. The van der Waals surface area contributed by atoms with Crippen LogP contribution in [0.2, 0.25) is 0 Å². The summed E-state index contributed by atoms with van der Waals surface area (Å²) >= 11 is 0. The molecule has 364 valence electrons. The molecule has 3 aliphatic heterocycles. The van der Waals surface area contributed by atoms with Crippen LogP contribution >= 0.6 is 0 Å². The van der Waals surface area contributed by atoms with Gasteiger partial charge in [0.25, 0.3) is 0 Å². The van der Waals surface area contributed by atoms with Gasteiger partial charge in [0.1, 0.15) is 55.4 Å². The predicted molar refractivity (Wildman–Crippen MR) is 208 cm³/mol. The zero-order valence-corrected chi connectivity index (χ0v) is 33.7. The molecule has 0 aliphatic carbocycles. The number of hydrogen-bond acceptors (Lipinski definition) is 28. The molecule has 0 spiro atoms. The quantitative estimate of drug-likeness (QED) is 0.0534. The fourth-order valence-corrected chi connectivity index (χ4v) is 7.08. The number of hydrogen-bond donors (Lipinski definition) is 17. The zero-order valence-electron chi connectivity index (χ0n) is 33.7. The van der Waals surface area contributed by atoms with Crippen LogP contribution in [0.25, 0.3) is 11.1 Å². The van der Waals surface area contributed by atoms with Crippen molar-refractivity contribution in [3.63, 3.8) is 0 Å². The molecule has 17 N–H and O–H groups in total. The molecule has 4 aromatic carbocycles. The molecule has 68 heavy (non-hydrogen) atoms. The first-order valence-corrected chi connectivity index (χ1v) is 19.2. The number of fused-ring (bicyclic) bond motifs is 5. The van der Waals surface area contributed by atoms with Crippen LogP contribution in [0.15, 0.2) is 30.3 Å². The number of carbonyl (C=O) groups is 4. The maximum atomic E-state index is 14.4. The van der Waals surface area contributed by atoms with E-state index in [-0.39, 0.29) is 0 Å². The van der Waals surface area contributed by atoms with Crippen LogP contribution in [0.3, 0.4) is 0 Å². The summed E-state index contributed by atoms with van der Waals surface area (Å²) in [4.78, 5) is 54.5. The molecular weight excluding hydrogens is 928 g/mol. The first-order valence-electron chi connectivity index (χ1n) is 19.2. The third kappa shape index (κ3) is 8.39. The number of esters is 4. The minimum absolute atomic E-state index is 0.382. The van der Waals surface area contributed by atoms with Gasteiger partial charge in [-0.3, -0.25) is 0 Å². The molecule has 0 radical (unpaired) electrons. The molecule has 28 heteroatoms. The molecule has 2 bridgehead atoms. The number of aliphatic hydroxyl groups is 6. The molecule has 2 saturated heterocycles. The summed E-state index contributed by atoms with van der Waals surface area (Å²) < 4.78 is 36.6. The summed E-state index contributed by atoms with van der Waals surface area (Å²) in [6.07, 6.45) is -21.0. The molecule has 3 aliphatic rings. The Bertz CT molecular complexity index is 2690. The Morgan fingerprint density at radius 2 is 1.15 bits per heavy atom. The topological polar surface area (TPSA) is 477 Å². The van der Waals surface area contributed by atoms with Gasteiger partial charge in [-0.15, -0.1) is 0 Å². The molecule has 7 rings (SSSR count). The lowest BCUT2D eigenvalue weighted by Gasteiger charge is -2.41. The van der Waals surface area contributed by atoms with E-state index in [1.165, 1.54) is 0 Å². The van der Waals surface area contributed by atoms with Crippen LogP contribution < -0.4 is 4.74 Å². The molecule has 0 amide bonds. The fourth-order valence-electron chi connectivity index (χ4n) is 7.08. The van der Waals surface area contributed by atoms with Crippen molar-refractivity contribution in [1.29, 1.82) is 0 Å². The van der Waals surface area contributed by atoms with Crippen molar-refractivity contribution in [1.82, 2.24) is 0 Å². The molecular formula is C40H36O28. The van der Waals surface area contributed by atoms with Crippen LogP contribution in [0.1, 0.15) is 41.4 Å². The lowest BCUT2D eigenvalue weighted by atomic mass is 9.91. The summed E-state index contributed by atoms with van der Waals surface area (Å²) in [6, 6.07) is 2.48. The van der Waals surface area contributed by atoms with Crippen molar-refractivity contribution in [3.8, 4) is 85.9 Å². The van der Waals surface area contributed by atoms with Crippen molar-refractivity contribution in [3.05, 3.63) is 52.6 Å². The molecule has 2 fully saturated rings. The average molecular weight is 965 g/mol. The van der Waals surface area contributed by atoms with E-state index in [4.69, 9.17) is 33.2 Å². The molecule has 0 unspecified atom stereocenters. The highest BCUT2D eigenvalue weighted by Gasteiger charge is 2.50. The number of phenols is 11. The second-order valence-corrected chi connectivity index (χ2v) is 15.0. The third-order valence-electron chi connectivity index (χ3n) is 10.7. The summed E-state index contributed by atoms with van der Waals surface area (Å²) in [5, 5.41) is 178. The van der Waals surface area contributed by atoms with E-state index in [0.29, 0.717) is 30.3 Å². The molecule has 0 saturated carbocycles. The summed E-state index contributed by atoms with van der Waals surface area (Å²) in [6.45, 7) is -2.13. The van der Waals surface area contributed by atoms with Gasteiger partial charge in [-0.25, -0.2) is 19.2 Å². The Kier molecular flexibility index (Phi) is 12.7. The van der Waals surface area contributed by atoms with E-state index < -0.39 is 207 Å². The lowest BCUT2D eigenvalue weighted by molar-refractivity contribution is -0.286. The highest BCUT2D eigenvalue weighted by Crippen LogP contribution is 2.55. The molecule has 28 nitrogen and oxygen atoms in total. The van der Waals surface area contributed by atoms with Crippen LogP contribution in [0, 0.1) is 0 Å². The van der Waals surface area contributed by atoms with E-state index in [0.717, 1.165) is 0 Å². The maximum absolute atomic E-state index is 14.4. The van der Waals surface area contributed by atoms with Crippen molar-refractivity contribution in [2.75, 3.05) is 13.2 Å². The van der Waals surface area contributed by atoms with Crippen LogP contribution in [0.5, 0.6) is 74.7 Å². The first kappa shape index (κ1) is 48.0. The zero-order chi connectivity index (χ0) is 50.0. The minimum Gasteiger partial charge on any atom is -0.504 e. The number of benzene rings is 4. The Labute approximate surface area is 375 Å². The van der Waals surface area contributed by atoms with Gasteiger partial charge in [-0.2, -0.15) is 0 Å². The molecule has 3 heterocycles. The van der Waals surface area contributed by atoms with Crippen molar-refractivity contribution in [2.45, 2.75) is 61.4 Å². The standard InChI is InChI=1S/C40H36O28/c41-12-1-8(2-13(42)21(12)45)35(57)68-40-32(56)34-26(50)18(66-40)7-62-36(58)9-3-14(43)22(46)27(51)19(9)20-10(38(60)67-34)5-16(24(48)28(20)52)64-33-11(4-15(44)23(47)30(33)54)37(59)63-6-17-25(49)29(53)31(55)39(61)65-17/h1-5,17-18,25-26,29,31-32,34,39-56,61H,6-7H2/t17-,18-,25-,26-,29+,31-,32-,34+,39-,40+/m1/s1. The van der Waals surface area contributed by atoms with Crippen molar-refractivity contribution in [2.24, 2.45) is 0 Å². The number of aromatic hydroxyl groups is 11. The number of phenolic OH excluding ortho intramolecular Hbond substituents is 11. The van der Waals surface area contributed by atoms with Gasteiger partial charge in [-0.05, 0) is 18.2 Å². The Morgan fingerprint density at radius 1 is 0.574 bits per heavy atom. The number of ether oxygens (including phenoxy) is 7. The average Bonchev–Trinajstić information content (AvgIpc) is 3.30. The molecule has 0 aromatic heterocycles. The Morgan fingerprint density at radius 3 is 1.79 bits per heavy atom. The summed E-state index contributed by atoms with van der Waals surface area (Å²) in [5.74, 6) is -23.5.